The molecule has 2 aliphatic rings. The van der Waals surface area contributed by atoms with Gasteiger partial charge in [0.25, 0.3) is 0 Å². The molecule has 2 rings (SSSR count). The van der Waals surface area contributed by atoms with Crippen molar-refractivity contribution in [3.63, 3.8) is 0 Å². The lowest BCUT2D eigenvalue weighted by molar-refractivity contribution is 0.208. The molecule has 0 radical (unpaired) electrons. The first-order valence-corrected chi connectivity index (χ1v) is 5.70. The van der Waals surface area contributed by atoms with Crippen LogP contribution in [0.5, 0.6) is 0 Å². The normalized spacial score (nSPS) is 24.6. The molecule has 0 saturated carbocycles. The molecular weight excluding hydrogens is 192 g/mol. The molecule has 5 heteroatoms. The van der Waals surface area contributed by atoms with E-state index < -0.39 is 0 Å². The Morgan fingerprint density at radius 3 is 2.33 bits per heavy atom. The Kier molecular flexibility index (Phi) is 3.43. The minimum atomic E-state index is -0.00365. The standard InChI is InChI=1S/C10H20N4O/c1-14-4-2-8(3-5-14)12-10(15)13-9-6-11-7-9/h8-9,11H,2-7H2,1H3,(H2,12,13,15). The number of hydrogen-bond acceptors (Lipinski definition) is 3. The van der Waals surface area contributed by atoms with E-state index in [-0.39, 0.29) is 6.03 Å². The Bertz CT molecular complexity index is 221. The SMILES string of the molecule is CN1CCC(NC(=O)NC2CNC2)CC1. The summed E-state index contributed by atoms with van der Waals surface area (Å²) in [7, 11) is 2.12. The van der Waals surface area contributed by atoms with E-state index in [4.69, 9.17) is 0 Å². The van der Waals surface area contributed by atoms with Crippen LogP contribution < -0.4 is 16.0 Å². The van der Waals surface area contributed by atoms with Crippen molar-refractivity contribution in [1.82, 2.24) is 20.9 Å². The number of carbonyl (C=O) groups is 1. The Labute approximate surface area is 90.6 Å². The Morgan fingerprint density at radius 2 is 1.80 bits per heavy atom. The summed E-state index contributed by atoms with van der Waals surface area (Å²) in [6, 6.07) is 0.682. The van der Waals surface area contributed by atoms with Gasteiger partial charge in [0.2, 0.25) is 0 Å². The Morgan fingerprint density at radius 1 is 1.20 bits per heavy atom. The van der Waals surface area contributed by atoms with Crippen LogP contribution in [-0.4, -0.2) is 56.2 Å². The second kappa shape index (κ2) is 4.81. The Hall–Kier alpha value is -0.810. The molecule has 0 aromatic heterocycles. The number of carbonyl (C=O) groups excluding carboxylic acids is 1. The van der Waals surface area contributed by atoms with Crippen LogP contribution in [0, 0.1) is 0 Å². The third kappa shape index (κ3) is 3.07. The summed E-state index contributed by atoms with van der Waals surface area (Å²) in [6.07, 6.45) is 2.12. The number of rotatable bonds is 2. The smallest absolute Gasteiger partial charge is 0.315 e. The molecular formula is C10H20N4O. The number of piperidine rings is 1. The average molecular weight is 212 g/mol. The minimum Gasteiger partial charge on any atom is -0.335 e. The monoisotopic (exact) mass is 212 g/mol. The summed E-state index contributed by atoms with van der Waals surface area (Å²) >= 11 is 0. The van der Waals surface area contributed by atoms with Crippen molar-refractivity contribution in [1.29, 1.82) is 0 Å². The van der Waals surface area contributed by atoms with Gasteiger partial charge in [-0.05, 0) is 33.0 Å². The number of nitrogens with zero attached hydrogens (tertiary/aromatic N) is 1. The van der Waals surface area contributed by atoms with Gasteiger partial charge in [-0.15, -0.1) is 0 Å². The fourth-order valence-corrected chi connectivity index (χ4v) is 1.96. The molecule has 2 amide bonds. The molecule has 3 N–H and O–H groups in total. The lowest BCUT2D eigenvalue weighted by atomic mass is 10.1. The second-order valence-electron chi connectivity index (χ2n) is 4.55. The van der Waals surface area contributed by atoms with Crippen molar-refractivity contribution in [2.45, 2.75) is 24.9 Å². The molecule has 5 nitrogen and oxygen atoms in total. The van der Waals surface area contributed by atoms with Gasteiger partial charge in [0.1, 0.15) is 0 Å². The van der Waals surface area contributed by atoms with E-state index in [1.807, 2.05) is 0 Å². The van der Waals surface area contributed by atoms with Gasteiger partial charge >= 0.3 is 6.03 Å². The third-order valence-corrected chi connectivity index (χ3v) is 3.17. The van der Waals surface area contributed by atoms with Gasteiger partial charge in [-0.2, -0.15) is 0 Å². The molecule has 2 heterocycles. The lowest BCUT2D eigenvalue weighted by Gasteiger charge is -2.32. The highest BCUT2D eigenvalue weighted by atomic mass is 16.2. The average Bonchev–Trinajstić information content (AvgIpc) is 2.16. The number of amides is 2. The molecule has 0 aromatic rings. The summed E-state index contributed by atoms with van der Waals surface area (Å²) in [5.74, 6) is 0. The molecule has 0 bridgehead atoms. The van der Waals surface area contributed by atoms with Crippen molar-refractivity contribution < 1.29 is 4.79 Å². The summed E-state index contributed by atoms with van der Waals surface area (Å²) in [5.41, 5.74) is 0. The summed E-state index contributed by atoms with van der Waals surface area (Å²) < 4.78 is 0. The van der Waals surface area contributed by atoms with Crippen molar-refractivity contribution in [2.75, 3.05) is 33.2 Å². The summed E-state index contributed by atoms with van der Waals surface area (Å²) in [6.45, 7) is 3.97. The second-order valence-corrected chi connectivity index (χ2v) is 4.55. The van der Waals surface area contributed by atoms with Gasteiger partial charge in [0, 0.05) is 19.1 Å². The van der Waals surface area contributed by atoms with E-state index in [0.717, 1.165) is 39.0 Å². The summed E-state index contributed by atoms with van der Waals surface area (Å²) in [5, 5.41) is 9.11. The topological polar surface area (TPSA) is 56.4 Å². The van der Waals surface area contributed by atoms with Crippen molar-refractivity contribution in [3.05, 3.63) is 0 Å². The maximum atomic E-state index is 11.5. The zero-order chi connectivity index (χ0) is 10.7. The van der Waals surface area contributed by atoms with E-state index in [1.54, 1.807) is 0 Å². The molecule has 0 atom stereocenters. The first-order chi connectivity index (χ1) is 7.24. The quantitative estimate of drug-likeness (QED) is 0.570. The van der Waals surface area contributed by atoms with E-state index in [1.165, 1.54) is 0 Å². The maximum Gasteiger partial charge on any atom is 0.315 e. The predicted octanol–water partition coefficient (Wildman–Crippen LogP) is -0.648. The first kappa shape index (κ1) is 10.7. The fourth-order valence-electron chi connectivity index (χ4n) is 1.96. The van der Waals surface area contributed by atoms with E-state index >= 15 is 0 Å². The van der Waals surface area contributed by atoms with Crippen molar-refractivity contribution in [2.24, 2.45) is 0 Å². The molecule has 2 fully saturated rings. The van der Waals surface area contributed by atoms with Crippen LogP contribution in [0.25, 0.3) is 0 Å². The minimum absolute atomic E-state index is 0.00365. The first-order valence-electron chi connectivity index (χ1n) is 5.70. The third-order valence-electron chi connectivity index (χ3n) is 3.17. The highest BCUT2D eigenvalue weighted by Crippen LogP contribution is 2.07. The number of hydrogen-bond donors (Lipinski definition) is 3. The lowest BCUT2D eigenvalue weighted by Crippen LogP contribution is -2.60. The van der Waals surface area contributed by atoms with Crippen LogP contribution in [0.4, 0.5) is 4.79 Å². The van der Waals surface area contributed by atoms with E-state index in [9.17, 15) is 4.79 Å². The van der Waals surface area contributed by atoms with E-state index in [0.29, 0.717) is 12.1 Å². The van der Waals surface area contributed by atoms with E-state index in [2.05, 4.69) is 27.9 Å². The van der Waals surface area contributed by atoms with Crippen molar-refractivity contribution >= 4 is 6.03 Å². The molecule has 2 aliphatic heterocycles. The van der Waals surface area contributed by atoms with Gasteiger partial charge in [-0.1, -0.05) is 0 Å². The largest absolute Gasteiger partial charge is 0.335 e. The zero-order valence-electron chi connectivity index (χ0n) is 9.25. The Balaban J connectivity index is 1.64. The van der Waals surface area contributed by atoms with Crippen LogP contribution in [0.1, 0.15) is 12.8 Å². The predicted molar refractivity (Wildman–Crippen MR) is 58.8 cm³/mol. The zero-order valence-corrected chi connectivity index (χ0v) is 9.25. The number of likely N-dealkylation sites (tertiary alicyclic amines) is 1. The highest BCUT2D eigenvalue weighted by molar-refractivity contribution is 5.74. The summed E-state index contributed by atoms with van der Waals surface area (Å²) in [4.78, 5) is 13.8. The highest BCUT2D eigenvalue weighted by Gasteiger charge is 2.22. The van der Waals surface area contributed by atoms with Crippen LogP contribution in [0.15, 0.2) is 0 Å². The molecule has 2 saturated heterocycles. The van der Waals surface area contributed by atoms with Gasteiger partial charge in [0.15, 0.2) is 0 Å². The van der Waals surface area contributed by atoms with Gasteiger partial charge in [0.05, 0.1) is 6.04 Å². The van der Waals surface area contributed by atoms with Crippen LogP contribution in [-0.2, 0) is 0 Å². The van der Waals surface area contributed by atoms with Gasteiger partial charge in [-0.25, -0.2) is 4.79 Å². The molecule has 86 valence electrons. The number of nitrogens with one attached hydrogen (secondary N) is 3. The maximum absolute atomic E-state index is 11.5. The van der Waals surface area contributed by atoms with Gasteiger partial charge < -0.3 is 20.9 Å². The van der Waals surface area contributed by atoms with Crippen LogP contribution in [0.2, 0.25) is 0 Å². The molecule has 0 spiro atoms. The molecule has 0 aromatic carbocycles. The fraction of sp³-hybridized carbons (Fsp3) is 0.900. The molecule has 0 unspecified atom stereocenters. The van der Waals surface area contributed by atoms with Gasteiger partial charge in [-0.3, -0.25) is 0 Å². The van der Waals surface area contributed by atoms with Crippen LogP contribution in [0.3, 0.4) is 0 Å². The number of urea groups is 1. The molecule has 0 aliphatic carbocycles. The van der Waals surface area contributed by atoms with Crippen molar-refractivity contribution in [3.8, 4) is 0 Å². The molecule has 15 heavy (non-hydrogen) atoms. The van der Waals surface area contributed by atoms with Crippen LogP contribution >= 0.6 is 0 Å².